The number of aliphatic hydroxyl groups excluding tert-OH is 1. The summed E-state index contributed by atoms with van der Waals surface area (Å²) in [6.45, 7) is 4.54. The summed E-state index contributed by atoms with van der Waals surface area (Å²) >= 11 is -0.826. The quantitative estimate of drug-likeness (QED) is 0.240. The van der Waals surface area contributed by atoms with E-state index in [9.17, 15) is 0 Å². The zero-order chi connectivity index (χ0) is 19.9. The Labute approximate surface area is 183 Å². The number of hydrogen-bond acceptors (Lipinski definition) is 1. The van der Waals surface area contributed by atoms with Gasteiger partial charge in [-0.1, -0.05) is 25.2 Å². The summed E-state index contributed by atoms with van der Waals surface area (Å²) in [6.07, 6.45) is 0.757. The molecule has 0 aliphatic rings. The van der Waals surface area contributed by atoms with Crippen LogP contribution in [0.1, 0.15) is 5.56 Å². The molecule has 1 N–H and O–H groups in total. The molecule has 0 aromatic heterocycles. The van der Waals surface area contributed by atoms with Crippen molar-refractivity contribution < 1.29 is 26.0 Å². The van der Waals surface area contributed by atoms with Crippen molar-refractivity contribution in [3.05, 3.63) is 84.4 Å². The van der Waals surface area contributed by atoms with E-state index in [-0.39, 0.29) is 6.61 Å². The Hall–Kier alpha value is -0.700. The van der Waals surface area contributed by atoms with Crippen LogP contribution in [0, 0.1) is 0 Å². The summed E-state index contributed by atoms with van der Waals surface area (Å²) in [5.41, 5.74) is 1.24. The van der Waals surface area contributed by atoms with Crippen molar-refractivity contribution >= 4 is 48.1 Å². The molecule has 4 rings (SSSR count). The number of halogens is 2. The molecule has 27 heavy (non-hydrogen) atoms. The summed E-state index contributed by atoms with van der Waals surface area (Å²) < 4.78 is 0. The summed E-state index contributed by atoms with van der Waals surface area (Å²) in [5.74, 6) is 0. The van der Waals surface area contributed by atoms with Crippen molar-refractivity contribution in [2.75, 3.05) is 6.61 Å². The van der Waals surface area contributed by atoms with E-state index in [2.05, 4.69) is 79.8 Å². The third-order valence-corrected chi connectivity index (χ3v) is 3.70. The van der Waals surface area contributed by atoms with Crippen LogP contribution in [0.25, 0.3) is 21.5 Å². The molecule has 4 aromatic rings. The molecule has 0 aliphatic heterocycles. The fourth-order valence-electron chi connectivity index (χ4n) is 2.62. The standard InChI is InChI=1S/C11H11O.C9H7.C2H6Si.2ClH.Zr/c12-8-7-10-6-5-9-3-1-2-4-11(9)10;1-2-5-9-7-3-6-8(9)4-1;1-3-2;;;/h1-6,12H,7-8H2;1-7H;1-2H3;2*1H;/q2*-1;;;;+4/p-2. The molecule has 4 aromatic carbocycles. The van der Waals surface area contributed by atoms with Gasteiger partial charge in [0.2, 0.25) is 0 Å². The zero-order valence-electron chi connectivity index (χ0n) is 15.6. The van der Waals surface area contributed by atoms with Crippen molar-refractivity contribution in [2.45, 2.75) is 19.5 Å². The fourth-order valence-corrected chi connectivity index (χ4v) is 2.62. The van der Waals surface area contributed by atoms with E-state index in [0.29, 0.717) is 0 Å². The van der Waals surface area contributed by atoms with Crippen molar-refractivity contribution in [1.29, 1.82) is 0 Å². The van der Waals surface area contributed by atoms with E-state index in [0.717, 1.165) is 15.9 Å². The van der Waals surface area contributed by atoms with Gasteiger partial charge in [-0.05, 0) is 6.42 Å². The number of benzene rings is 2. The maximum absolute atomic E-state index is 8.80. The molecule has 0 bridgehead atoms. The second kappa shape index (κ2) is 15.2. The molecular weight excluding hydrogens is 470 g/mol. The van der Waals surface area contributed by atoms with Gasteiger partial charge in [-0.25, -0.2) is 0 Å². The number of hydrogen-bond donors (Lipinski definition) is 1. The Morgan fingerprint density at radius 3 is 2.15 bits per heavy atom. The Morgan fingerprint density at radius 1 is 0.926 bits per heavy atom. The number of aliphatic hydroxyl groups is 1. The Bertz CT molecular complexity index is 840. The monoisotopic (exact) mass is 492 g/mol. The third-order valence-electron chi connectivity index (χ3n) is 3.70. The average molecular weight is 495 g/mol. The van der Waals surface area contributed by atoms with Crippen LogP contribution in [0.5, 0.6) is 0 Å². The Kier molecular flexibility index (Phi) is 13.7. The van der Waals surface area contributed by atoms with Gasteiger partial charge in [0, 0.05) is 16.1 Å². The minimum Gasteiger partial charge on any atom is -0.168 e. The molecule has 0 atom stereocenters. The topological polar surface area (TPSA) is 20.2 Å². The smallest absolute Gasteiger partial charge is 0.0809 e. The predicted molar refractivity (Wildman–Crippen MR) is 119 cm³/mol. The van der Waals surface area contributed by atoms with Crippen LogP contribution in [0.15, 0.2) is 78.9 Å². The van der Waals surface area contributed by atoms with Gasteiger partial charge in [-0.2, -0.15) is 23.1 Å². The summed E-state index contributed by atoms with van der Waals surface area (Å²) in [7, 11) is 11.0. The van der Waals surface area contributed by atoms with Crippen LogP contribution >= 0.6 is 17.0 Å². The molecule has 0 spiro atoms. The van der Waals surface area contributed by atoms with Gasteiger partial charge in [-0.15, -0.1) is 70.8 Å². The first-order valence-electron chi connectivity index (χ1n) is 8.61. The average Bonchev–Trinajstić information content (AvgIpc) is 3.31. The molecule has 140 valence electrons. The minimum absolute atomic E-state index is 0.230. The van der Waals surface area contributed by atoms with E-state index in [1.54, 1.807) is 0 Å². The minimum atomic E-state index is -0.826. The fraction of sp³-hybridized carbons (Fsp3) is 0.182. The maximum atomic E-state index is 8.80. The zero-order valence-corrected chi connectivity index (χ0v) is 20.6. The first kappa shape index (κ1) is 24.3. The number of fused-ring (bicyclic) bond motifs is 2. The molecule has 0 unspecified atom stereocenters. The molecule has 0 aliphatic carbocycles. The van der Waals surface area contributed by atoms with Gasteiger partial charge in [-0.3, -0.25) is 0 Å². The largest absolute Gasteiger partial charge is 0.168 e. The van der Waals surface area contributed by atoms with Gasteiger partial charge in [0.1, 0.15) is 0 Å². The Balaban J connectivity index is 0.000000214. The third kappa shape index (κ3) is 8.89. The van der Waals surface area contributed by atoms with Crippen molar-refractivity contribution in [2.24, 2.45) is 0 Å². The van der Waals surface area contributed by atoms with Crippen molar-refractivity contribution in [3.63, 3.8) is 0 Å². The van der Waals surface area contributed by atoms with Gasteiger partial charge in [0.15, 0.2) is 0 Å². The molecule has 0 amide bonds. The van der Waals surface area contributed by atoms with E-state index in [1.165, 1.54) is 27.1 Å². The second-order valence-corrected chi connectivity index (χ2v) is 10.4. The summed E-state index contributed by atoms with van der Waals surface area (Å²) in [5, 5.41) is 14.0. The normalized spacial score (nSPS) is 9.22. The van der Waals surface area contributed by atoms with Gasteiger partial charge in [0.25, 0.3) is 0 Å². The van der Waals surface area contributed by atoms with Crippen LogP contribution in [-0.2, 0) is 27.3 Å². The molecule has 5 heteroatoms. The molecule has 0 heterocycles. The van der Waals surface area contributed by atoms with Crippen LogP contribution in [0.3, 0.4) is 0 Å². The molecule has 0 fully saturated rings. The first-order chi connectivity index (χ1) is 13.2. The van der Waals surface area contributed by atoms with Crippen molar-refractivity contribution in [1.82, 2.24) is 0 Å². The maximum Gasteiger partial charge on any atom is -0.0809 e. The molecule has 1 nitrogen and oxygen atoms in total. The molecular formula is C22H24Cl2OSiZr. The summed E-state index contributed by atoms with van der Waals surface area (Å²) in [6, 6.07) is 27.1. The van der Waals surface area contributed by atoms with Gasteiger partial charge in [0.05, 0.1) is 0 Å². The van der Waals surface area contributed by atoms with E-state index >= 15 is 0 Å². The van der Waals surface area contributed by atoms with Crippen LogP contribution in [-0.4, -0.2) is 21.2 Å². The molecule has 0 saturated heterocycles. The van der Waals surface area contributed by atoms with Crippen LogP contribution < -0.4 is 0 Å². The van der Waals surface area contributed by atoms with E-state index < -0.39 is 20.8 Å². The predicted octanol–water partition coefficient (Wildman–Crippen LogP) is 6.82. The summed E-state index contributed by atoms with van der Waals surface area (Å²) in [4.78, 5) is 0. The van der Waals surface area contributed by atoms with Crippen LogP contribution in [0.4, 0.5) is 0 Å². The number of rotatable bonds is 2. The SMILES string of the molecule is C[Si]C.OCCc1c[cH-]c2ccccc12.[Cl][Zr+2][Cl].c1ccc2[cH-]ccc2c1. The van der Waals surface area contributed by atoms with Gasteiger partial charge < -0.3 is 5.11 Å². The van der Waals surface area contributed by atoms with Gasteiger partial charge >= 0.3 is 37.9 Å². The van der Waals surface area contributed by atoms with E-state index in [1.807, 2.05) is 12.1 Å². The molecule has 2 radical (unpaired) electrons. The first-order valence-corrected chi connectivity index (χ1v) is 16.9. The second-order valence-electron chi connectivity index (χ2n) is 5.65. The Morgan fingerprint density at radius 2 is 1.52 bits per heavy atom. The van der Waals surface area contributed by atoms with Crippen LogP contribution in [0.2, 0.25) is 13.1 Å². The molecule has 0 saturated carbocycles. The van der Waals surface area contributed by atoms with Crippen molar-refractivity contribution in [3.8, 4) is 0 Å². The van der Waals surface area contributed by atoms with E-state index in [4.69, 9.17) is 22.1 Å².